The Hall–Kier alpha value is -2.17. The Labute approximate surface area is 136 Å². The van der Waals surface area contributed by atoms with Crippen LogP contribution in [0.2, 0.25) is 0 Å². The van der Waals surface area contributed by atoms with Crippen LogP contribution in [-0.2, 0) is 21.6 Å². The molecule has 0 radical (unpaired) electrons. The van der Waals surface area contributed by atoms with Gasteiger partial charge in [-0.05, 0) is 44.1 Å². The summed E-state index contributed by atoms with van der Waals surface area (Å²) in [5, 5.41) is 6.18. The maximum atomic E-state index is 12.9. The van der Waals surface area contributed by atoms with Crippen LogP contribution in [0.3, 0.4) is 0 Å². The Bertz CT molecular complexity index is 700. The first kappa shape index (κ1) is 15.7. The summed E-state index contributed by atoms with van der Waals surface area (Å²) in [6, 6.07) is 15.8. The number of hydrogen-bond donors (Lipinski definition) is 2. The Morgan fingerprint density at radius 1 is 1.13 bits per heavy atom. The van der Waals surface area contributed by atoms with Crippen LogP contribution >= 0.6 is 0 Å². The van der Waals surface area contributed by atoms with E-state index in [0.29, 0.717) is 6.61 Å². The van der Waals surface area contributed by atoms with Crippen LogP contribution in [-0.4, -0.2) is 26.1 Å². The second-order valence-electron chi connectivity index (χ2n) is 5.63. The smallest absolute Gasteiger partial charge is 0.266 e. The van der Waals surface area contributed by atoms with Gasteiger partial charge in [0.1, 0.15) is 0 Å². The molecule has 4 heteroatoms. The standard InChI is InChI=1S/C19H22N2O2/c1-3-23-19(15-9-5-4-6-10-15)17-14(12-13-20-2)8-7-11-16(17)21-18(19)22/h4-11,20H,3,12-13H2,1-2H3,(H,21,22). The van der Waals surface area contributed by atoms with Crippen LogP contribution in [0.4, 0.5) is 5.69 Å². The molecule has 2 aromatic rings. The predicted molar refractivity (Wildman–Crippen MR) is 91.6 cm³/mol. The minimum absolute atomic E-state index is 0.113. The molecule has 120 valence electrons. The summed E-state index contributed by atoms with van der Waals surface area (Å²) >= 11 is 0. The molecular weight excluding hydrogens is 288 g/mol. The van der Waals surface area contributed by atoms with Gasteiger partial charge in [-0.25, -0.2) is 0 Å². The molecule has 1 aliphatic heterocycles. The Kier molecular flexibility index (Phi) is 4.46. The number of hydrogen-bond acceptors (Lipinski definition) is 3. The van der Waals surface area contributed by atoms with Crippen molar-refractivity contribution in [3.05, 3.63) is 65.2 Å². The van der Waals surface area contributed by atoms with Crippen LogP contribution in [0.25, 0.3) is 0 Å². The first-order valence-electron chi connectivity index (χ1n) is 8.02. The molecule has 1 aliphatic rings. The molecule has 1 heterocycles. The van der Waals surface area contributed by atoms with E-state index in [9.17, 15) is 4.79 Å². The average molecular weight is 310 g/mol. The van der Waals surface area contributed by atoms with E-state index in [4.69, 9.17) is 4.74 Å². The molecule has 0 saturated heterocycles. The highest BCUT2D eigenvalue weighted by atomic mass is 16.5. The van der Waals surface area contributed by atoms with Crippen molar-refractivity contribution in [2.45, 2.75) is 18.9 Å². The molecule has 4 nitrogen and oxygen atoms in total. The second-order valence-corrected chi connectivity index (χ2v) is 5.63. The van der Waals surface area contributed by atoms with E-state index in [1.807, 2.05) is 56.4 Å². The number of benzene rings is 2. The quantitative estimate of drug-likeness (QED) is 0.862. The van der Waals surface area contributed by atoms with Gasteiger partial charge in [0.15, 0.2) is 5.60 Å². The number of ether oxygens (including phenoxy) is 1. The van der Waals surface area contributed by atoms with Gasteiger partial charge in [-0.15, -0.1) is 0 Å². The summed E-state index contributed by atoms with van der Waals surface area (Å²) in [7, 11) is 1.93. The van der Waals surface area contributed by atoms with E-state index in [0.717, 1.165) is 35.3 Å². The molecule has 3 rings (SSSR count). The number of amides is 1. The molecule has 2 aromatic carbocycles. The second kappa shape index (κ2) is 6.52. The molecule has 0 fully saturated rings. The fourth-order valence-corrected chi connectivity index (χ4v) is 3.30. The van der Waals surface area contributed by atoms with E-state index >= 15 is 0 Å². The number of likely N-dealkylation sites (N-methyl/N-ethyl adjacent to an activating group) is 1. The third-order valence-corrected chi connectivity index (χ3v) is 4.26. The summed E-state index contributed by atoms with van der Waals surface area (Å²) in [5.74, 6) is -0.113. The van der Waals surface area contributed by atoms with Crippen LogP contribution in [0, 0.1) is 0 Å². The fourth-order valence-electron chi connectivity index (χ4n) is 3.30. The summed E-state index contributed by atoms with van der Waals surface area (Å²) in [6.45, 7) is 3.23. The SMILES string of the molecule is CCOC1(c2ccccc2)C(=O)Nc2cccc(CCNC)c21. The van der Waals surface area contributed by atoms with E-state index in [1.165, 1.54) is 0 Å². The summed E-state index contributed by atoms with van der Waals surface area (Å²) < 4.78 is 6.10. The molecule has 1 unspecified atom stereocenters. The molecular formula is C19H22N2O2. The minimum Gasteiger partial charge on any atom is -0.356 e. The van der Waals surface area contributed by atoms with Crippen LogP contribution in [0.5, 0.6) is 0 Å². The van der Waals surface area contributed by atoms with Crippen molar-refractivity contribution in [3.63, 3.8) is 0 Å². The first-order valence-corrected chi connectivity index (χ1v) is 8.02. The highest BCUT2D eigenvalue weighted by Gasteiger charge is 2.50. The molecule has 2 N–H and O–H groups in total. The molecule has 0 spiro atoms. The zero-order chi connectivity index (χ0) is 16.3. The average Bonchev–Trinajstić information content (AvgIpc) is 2.87. The molecule has 0 bridgehead atoms. The zero-order valence-electron chi connectivity index (χ0n) is 13.6. The van der Waals surface area contributed by atoms with Crippen molar-refractivity contribution >= 4 is 11.6 Å². The van der Waals surface area contributed by atoms with Crippen molar-refractivity contribution in [1.82, 2.24) is 5.32 Å². The first-order chi connectivity index (χ1) is 11.2. The Balaban J connectivity index is 2.21. The number of nitrogens with one attached hydrogen (secondary N) is 2. The Morgan fingerprint density at radius 3 is 2.61 bits per heavy atom. The van der Waals surface area contributed by atoms with Gasteiger partial charge in [0, 0.05) is 17.9 Å². The number of fused-ring (bicyclic) bond motifs is 1. The Morgan fingerprint density at radius 2 is 1.91 bits per heavy atom. The lowest BCUT2D eigenvalue weighted by Gasteiger charge is -2.29. The van der Waals surface area contributed by atoms with E-state index in [2.05, 4.69) is 16.7 Å². The van der Waals surface area contributed by atoms with Gasteiger partial charge >= 0.3 is 0 Å². The highest BCUT2D eigenvalue weighted by Crippen LogP contribution is 2.45. The van der Waals surface area contributed by atoms with Gasteiger partial charge in [-0.1, -0.05) is 42.5 Å². The maximum absolute atomic E-state index is 12.9. The summed E-state index contributed by atoms with van der Waals surface area (Å²) in [5.41, 5.74) is 2.74. The van der Waals surface area contributed by atoms with Crippen molar-refractivity contribution in [3.8, 4) is 0 Å². The molecule has 0 aromatic heterocycles. The molecule has 0 aliphatic carbocycles. The molecule has 1 atom stereocenters. The van der Waals surface area contributed by atoms with Gasteiger partial charge in [0.05, 0.1) is 0 Å². The van der Waals surface area contributed by atoms with Crippen molar-refractivity contribution in [2.24, 2.45) is 0 Å². The predicted octanol–water partition coefficient (Wildman–Crippen LogP) is 2.68. The van der Waals surface area contributed by atoms with E-state index in [1.54, 1.807) is 0 Å². The van der Waals surface area contributed by atoms with Crippen molar-refractivity contribution in [1.29, 1.82) is 0 Å². The summed E-state index contributed by atoms with van der Waals surface area (Å²) in [6.07, 6.45) is 0.844. The van der Waals surface area contributed by atoms with Crippen LogP contribution < -0.4 is 10.6 Å². The molecule has 1 amide bonds. The number of rotatable bonds is 6. The number of carbonyl (C=O) groups excluding carboxylic acids is 1. The highest BCUT2D eigenvalue weighted by molar-refractivity contribution is 6.08. The van der Waals surface area contributed by atoms with Gasteiger partial charge in [0.25, 0.3) is 5.91 Å². The normalized spacial score (nSPS) is 19.5. The lowest BCUT2D eigenvalue weighted by Crippen LogP contribution is -2.39. The third-order valence-electron chi connectivity index (χ3n) is 4.26. The summed E-state index contributed by atoms with van der Waals surface area (Å²) in [4.78, 5) is 12.9. The van der Waals surface area contributed by atoms with Gasteiger partial charge in [-0.2, -0.15) is 0 Å². The monoisotopic (exact) mass is 310 g/mol. The lowest BCUT2D eigenvalue weighted by molar-refractivity contribution is -0.135. The van der Waals surface area contributed by atoms with Crippen LogP contribution in [0.15, 0.2) is 48.5 Å². The largest absolute Gasteiger partial charge is 0.356 e. The topological polar surface area (TPSA) is 50.4 Å². The minimum atomic E-state index is -1.06. The van der Waals surface area contributed by atoms with Crippen LogP contribution in [0.1, 0.15) is 23.6 Å². The van der Waals surface area contributed by atoms with E-state index < -0.39 is 5.60 Å². The van der Waals surface area contributed by atoms with E-state index in [-0.39, 0.29) is 5.91 Å². The zero-order valence-corrected chi connectivity index (χ0v) is 13.6. The number of carbonyl (C=O) groups is 1. The third kappa shape index (κ3) is 2.54. The van der Waals surface area contributed by atoms with Crippen molar-refractivity contribution in [2.75, 3.05) is 25.5 Å². The number of anilines is 1. The lowest BCUT2D eigenvalue weighted by atomic mass is 9.83. The fraction of sp³-hybridized carbons (Fsp3) is 0.316. The molecule has 23 heavy (non-hydrogen) atoms. The maximum Gasteiger partial charge on any atom is 0.266 e. The van der Waals surface area contributed by atoms with Crippen molar-refractivity contribution < 1.29 is 9.53 Å². The van der Waals surface area contributed by atoms with Gasteiger partial charge < -0.3 is 15.4 Å². The molecule has 0 saturated carbocycles. The van der Waals surface area contributed by atoms with Gasteiger partial charge in [0.2, 0.25) is 0 Å². The van der Waals surface area contributed by atoms with Gasteiger partial charge in [-0.3, -0.25) is 4.79 Å².